The van der Waals surface area contributed by atoms with Gasteiger partial charge < -0.3 is 0 Å². The summed E-state index contributed by atoms with van der Waals surface area (Å²) in [6.45, 7) is 6.05. The van der Waals surface area contributed by atoms with Crippen molar-refractivity contribution in [2.75, 3.05) is 0 Å². The number of Topliss-reactive ketones (excluding diaryl/α,β-unsaturated/α-hetero) is 1. The van der Waals surface area contributed by atoms with E-state index in [9.17, 15) is 4.79 Å². The molecule has 2 heteroatoms. The van der Waals surface area contributed by atoms with Crippen molar-refractivity contribution in [2.45, 2.75) is 33.6 Å². The molecule has 0 bridgehead atoms. The highest BCUT2D eigenvalue weighted by Gasteiger charge is 2.08. The number of carbonyl (C=O) groups is 1. The Labute approximate surface area is 93.7 Å². The van der Waals surface area contributed by atoms with Gasteiger partial charge in [-0.3, -0.25) is 4.79 Å². The Morgan fingerprint density at radius 2 is 1.79 bits per heavy atom. The Bertz CT molecular complexity index is 332. The molecule has 14 heavy (non-hydrogen) atoms. The summed E-state index contributed by atoms with van der Waals surface area (Å²) in [6, 6.07) is 3.91. The monoisotopic (exact) mass is 254 g/mol. The Kier molecular flexibility index (Phi) is 3.87. The fourth-order valence-electron chi connectivity index (χ4n) is 1.48. The third-order valence-electron chi connectivity index (χ3n) is 2.24. The fraction of sp³-hybridized carbons (Fsp3) is 0.417. The molecule has 0 aromatic heterocycles. The highest BCUT2D eigenvalue weighted by atomic mass is 79.9. The molecule has 0 radical (unpaired) electrons. The highest BCUT2D eigenvalue weighted by molar-refractivity contribution is 9.10. The predicted octanol–water partition coefficient (Wildman–Crippen LogP) is 4.05. The first kappa shape index (κ1) is 11.4. The molecule has 0 atom stereocenters. The van der Waals surface area contributed by atoms with E-state index in [1.54, 1.807) is 0 Å². The average molecular weight is 255 g/mol. The summed E-state index contributed by atoms with van der Waals surface area (Å²) < 4.78 is 1.10. The van der Waals surface area contributed by atoms with E-state index in [4.69, 9.17) is 0 Å². The second kappa shape index (κ2) is 4.74. The van der Waals surface area contributed by atoms with Crippen LogP contribution in [0, 0.1) is 13.8 Å². The number of aryl methyl sites for hydroxylation is 2. The van der Waals surface area contributed by atoms with Gasteiger partial charge in [-0.1, -0.05) is 22.9 Å². The second-order valence-corrected chi connectivity index (χ2v) is 4.39. The van der Waals surface area contributed by atoms with Gasteiger partial charge in [-0.05, 0) is 43.5 Å². The number of rotatable bonds is 3. The zero-order valence-corrected chi connectivity index (χ0v) is 10.4. The van der Waals surface area contributed by atoms with Crippen LogP contribution in [0.1, 0.15) is 41.3 Å². The molecule has 1 aromatic carbocycles. The molecule has 0 aliphatic heterocycles. The summed E-state index contributed by atoms with van der Waals surface area (Å²) in [7, 11) is 0. The van der Waals surface area contributed by atoms with E-state index in [1.165, 1.54) is 0 Å². The maximum absolute atomic E-state index is 11.6. The van der Waals surface area contributed by atoms with Crippen molar-refractivity contribution in [1.29, 1.82) is 0 Å². The molecule has 1 rings (SSSR count). The summed E-state index contributed by atoms with van der Waals surface area (Å²) in [6.07, 6.45) is 1.55. The predicted molar refractivity (Wildman–Crippen MR) is 62.9 cm³/mol. The molecular formula is C12H15BrO. The van der Waals surface area contributed by atoms with Crippen molar-refractivity contribution in [3.8, 4) is 0 Å². The lowest BCUT2D eigenvalue weighted by Gasteiger charge is -2.06. The summed E-state index contributed by atoms with van der Waals surface area (Å²) in [5, 5.41) is 0. The molecule has 1 nitrogen and oxygen atoms in total. The van der Waals surface area contributed by atoms with Crippen LogP contribution in [-0.4, -0.2) is 5.78 Å². The summed E-state index contributed by atoms with van der Waals surface area (Å²) in [4.78, 5) is 11.6. The van der Waals surface area contributed by atoms with Crippen LogP contribution >= 0.6 is 15.9 Å². The van der Waals surface area contributed by atoms with Crippen LogP contribution in [0.25, 0.3) is 0 Å². The lowest BCUT2D eigenvalue weighted by Crippen LogP contribution is -1.99. The smallest absolute Gasteiger partial charge is 0.162 e. The van der Waals surface area contributed by atoms with E-state index >= 15 is 0 Å². The molecule has 0 aliphatic carbocycles. The molecule has 0 N–H and O–H groups in total. The first-order valence-corrected chi connectivity index (χ1v) is 5.65. The molecular weight excluding hydrogens is 240 g/mol. The zero-order chi connectivity index (χ0) is 10.7. The summed E-state index contributed by atoms with van der Waals surface area (Å²) in [5.74, 6) is 0.242. The van der Waals surface area contributed by atoms with Crippen LogP contribution in [0.5, 0.6) is 0 Å². The number of carbonyl (C=O) groups excluding carboxylic acids is 1. The Morgan fingerprint density at radius 3 is 2.21 bits per heavy atom. The lowest BCUT2D eigenvalue weighted by atomic mass is 10.0. The lowest BCUT2D eigenvalue weighted by molar-refractivity contribution is 0.0981. The molecule has 0 heterocycles. The summed E-state index contributed by atoms with van der Waals surface area (Å²) in [5.41, 5.74) is 3.10. The maximum atomic E-state index is 11.6. The quantitative estimate of drug-likeness (QED) is 0.744. The Balaban J connectivity index is 3.06. The largest absolute Gasteiger partial charge is 0.294 e. The van der Waals surface area contributed by atoms with Crippen LogP contribution in [0.3, 0.4) is 0 Å². The molecule has 0 unspecified atom stereocenters. The molecule has 0 amide bonds. The van der Waals surface area contributed by atoms with E-state index in [2.05, 4.69) is 15.9 Å². The number of hydrogen-bond acceptors (Lipinski definition) is 1. The van der Waals surface area contributed by atoms with Crippen LogP contribution in [0.4, 0.5) is 0 Å². The van der Waals surface area contributed by atoms with Crippen molar-refractivity contribution in [1.82, 2.24) is 0 Å². The molecule has 0 saturated heterocycles. The van der Waals surface area contributed by atoms with E-state index < -0.39 is 0 Å². The zero-order valence-electron chi connectivity index (χ0n) is 8.86. The fourth-order valence-corrected chi connectivity index (χ4v) is 1.71. The van der Waals surface area contributed by atoms with Gasteiger partial charge in [0.1, 0.15) is 0 Å². The van der Waals surface area contributed by atoms with E-state index in [0.29, 0.717) is 6.42 Å². The first-order chi connectivity index (χ1) is 6.56. The third kappa shape index (κ3) is 2.44. The first-order valence-electron chi connectivity index (χ1n) is 4.86. The van der Waals surface area contributed by atoms with Gasteiger partial charge in [0.05, 0.1) is 0 Å². The highest BCUT2D eigenvalue weighted by Crippen LogP contribution is 2.23. The van der Waals surface area contributed by atoms with Gasteiger partial charge in [-0.25, -0.2) is 0 Å². The van der Waals surface area contributed by atoms with E-state index in [-0.39, 0.29) is 5.78 Å². The van der Waals surface area contributed by atoms with Crippen molar-refractivity contribution in [3.63, 3.8) is 0 Å². The number of hydrogen-bond donors (Lipinski definition) is 0. The van der Waals surface area contributed by atoms with Gasteiger partial charge in [0.25, 0.3) is 0 Å². The van der Waals surface area contributed by atoms with Crippen LogP contribution in [-0.2, 0) is 0 Å². The van der Waals surface area contributed by atoms with Crippen molar-refractivity contribution >= 4 is 21.7 Å². The van der Waals surface area contributed by atoms with Gasteiger partial charge in [0.15, 0.2) is 5.78 Å². The Morgan fingerprint density at radius 1 is 1.29 bits per heavy atom. The van der Waals surface area contributed by atoms with Crippen molar-refractivity contribution in [3.05, 3.63) is 33.3 Å². The van der Waals surface area contributed by atoms with Crippen LogP contribution in [0.2, 0.25) is 0 Å². The average Bonchev–Trinajstić information content (AvgIpc) is 2.13. The topological polar surface area (TPSA) is 17.1 Å². The minimum atomic E-state index is 0.242. The van der Waals surface area contributed by atoms with Gasteiger partial charge >= 0.3 is 0 Å². The van der Waals surface area contributed by atoms with Crippen molar-refractivity contribution in [2.24, 2.45) is 0 Å². The third-order valence-corrected chi connectivity index (χ3v) is 3.49. The molecule has 0 spiro atoms. The summed E-state index contributed by atoms with van der Waals surface area (Å²) >= 11 is 3.49. The molecule has 76 valence electrons. The molecule has 0 aliphatic rings. The number of ketones is 1. The van der Waals surface area contributed by atoms with E-state index in [0.717, 1.165) is 27.6 Å². The normalized spacial score (nSPS) is 10.3. The molecule has 1 aromatic rings. The van der Waals surface area contributed by atoms with Gasteiger partial charge in [0, 0.05) is 16.5 Å². The maximum Gasteiger partial charge on any atom is 0.162 e. The van der Waals surface area contributed by atoms with E-state index in [1.807, 2.05) is 32.9 Å². The minimum Gasteiger partial charge on any atom is -0.294 e. The molecule has 0 saturated carbocycles. The molecule has 0 fully saturated rings. The minimum absolute atomic E-state index is 0.242. The standard InChI is InChI=1S/C12H15BrO/c1-4-5-11(14)10-6-8(2)12(13)9(3)7-10/h6-7H,4-5H2,1-3H3. The van der Waals surface area contributed by atoms with Gasteiger partial charge in [-0.2, -0.15) is 0 Å². The van der Waals surface area contributed by atoms with Gasteiger partial charge in [-0.15, -0.1) is 0 Å². The van der Waals surface area contributed by atoms with Crippen LogP contribution < -0.4 is 0 Å². The van der Waals surface area contributed by atoms with Crippen molar-refractivity contribution < 1.29 is 4.79 Å². The number of benzene rings is 1. The SMILES string of the molecule is CCCC(=O)c1cc(C)c(Br)c(C)c1. The Hall–Kier alpha value is -0.630. The van der Waals surface area contributed by atoms with Crippen LogP contribution in [0.15, 0.2) is 16.6 Å². The van der Waals surface area contributed by atoms with Gasteiger partial charge in [0.2, 0.25) is 0 Å². The number of halogens is 1. The second-order valence-electron chi connectivity index (χ2n) is 3.60.